The van der Waals surface area contributed by atoms with Crippen LogP contribution in [0.15, 0.2) is 18.5 Å². The Labute approximate surface area is 213 Å². The van der Waals surface area contributed by atoms with E-state index < -0.39 is 34.0 Å². The second-order valence-electron chi connectivity index (χ2n) is 10.4. The molecule has 0 aliphatic heterocycles. The van der Waals surface area contributed by atoms with E-state index in [1.807, 2.05) is 12.3 Å². The zero-order chi connectivity index (χ0) is 25.0. The fraction of sp³-hybridized carbons (Fsp3) is 0.583. The highest BCUT2D eigenvalue weighted by molar-refractivity contribution is 7.90. The number of aliphatic hydroxyl groups excluding tert-OH is 2. The minimum absolute atomic E-state index is 0.177. The number of nitrogens with one attached hydrogen (secondary N) is 2. The molecule has 0 saturated heterocycles. The van der Waals surface area contributed by atoms with Crippen molar-refractivity contribution in [2.75, 3.05) is 22.6 Å². The van der Waals surface area contributed by atoms with E-state index in [1.54, 1.807) is 17.5 Å². The second kappa shape index (κ2) is 9.16. The number of hydrogen-bond acceptors (Lipinski definition) is 11. The number of thiazole rings is 1. The summed E-state index contributed by atoms with van der Waals surface area (Å²) in [4.78, 5) is 18.8. The lowest BCUT2D eigenvalue weighted by Gasteiger charge is -2.27. The number of aromatic nitrogens is 4. The average Bonchev–Trinajstić information content (AvgIpc) is 3.50. The molecule has 3 aromatic heterocycles. The molecule has 0 radical (unpaired) electrons. The maximum Gasteiger partial charge on any atom is 0.224 e. The average molecular weight is 531 g/mol. The standard InChI is InChI=1S/C24H30N6O4S2/c1-36(33,34)11-13-9-16(21(32)20(13)31)28-22-15(10-26-24(30-22)27-14-3-2-4-14)23-29-19-17(35-23)7-8-25-18(19)12-5-6-12/h7-8,10,12-14,16,20-21,31-32H,2-6,9,11H2,1H3,(H2,26,27,28,30). The van der Waals surface area contributed by atoms with Crippen LogP contribution in [0, 0.1) is 5.92 Å². The highest BCUT2D eigenvalue weighted by atomic mass is 32.2. The quantitative estimate of drug-likeness (QED) is 0.342. The van der Waals surface area contributed by atoms with Gasteiger partial charge in [0.15, 0.2) is 0 Å². The first-order valence-electron chi connectivity index (χ1n) is 12.4. The summed E-state index contributed by atoms with van der Waals surface area (Å²) in [7, 11) is -3.30. The molecule has 192 valence electrons. The molecule has 4 N–H and O–H groups in total. The van der Waals surface area contributed by atoms with Gasteiger partial charge in [0.05, 0.1) is 33.9 Å². The summed E-state index contributed by atoms with van der Waals surface area (Å²) in [5.41, 5.74) is 2.64. The third kappa shape index (κ3) is 4.79. The molecule has 4 unspecified atom stereocenters. The Balaban J connectivity index is 1.34. The van der Waals surface area contributed by atoms with Gasteiger partial charge in [-0.1, -0.05) is 0 Å². The number of rotatable bonds is 8. The number of anilines is 2. The van der Waals surface area contributed by atoms with Gasteiger partial charge in [0, 0.05) is 36.5 Å². The molecular formula is C24H30N6O4S2. The van der Waals surface area contributed by atoms with E-state index >= 15 is 0 Å². The fourth-order valence-electron chi connectivity index (χ4n) is 5.10. The van der Waals surface area contributed by atoms with Crippen molar-refractivity contribution < 1.29 is 18.6 Å². The summed E-state index contributed by atoms with van der Waals surface area (Å²) >= 11 is 1.54. The van der Waals surface area contributed by atoms with Crippen molar-refractivity contribution in [1.29, 1.82) is 0 Å². The van der Waals surface area contributed by atoms with Gasteiger partial charge in [-0.2, -0.15) is 4.98 Å². The van der Waals surface area contributed by atoms with Crippen molar-refractivity contribution in [3.05, 3.63) is 24.2 Å². The van der Waals surface area contributed by atoms with Gasteiger partial charge in [0.1, 0.15) is 32.3 Å². The fourth-order valence-corrected chi connectivity index (χ4v) is 7.19. The minimum Gasteiger partial charge on any atom is -0.390 e. The van der Waals surface area contributed by atoms with E-state index in [-0.39, 0.29) is 5.75 Å². The van der Waals surface area contributed by atoms with Crippen LogP contribution < -0.4 is 10.6 Å². The molecule has 12 heteroatoms. The first-order chi connectivity index (χ1) is 17.2. The lowest BCUT2D eigenvalue weighted by Crippen LogP contribution is -2.36. The zero-order valence-electron chi connectivity index (χ0n) is 20.0. The summed E-state index contributed by atoms with van der Waals surface area (Å²) in [6.07, 6.45) is 8.35. The maximum atomic E-state index is 11.8. The van der Waals surface area contributed by atoms with Crippen molar-refractivity contribution in [2.45, 2.75) is 68.7 Å². The largest absolute Gasteiger partial charge is 0.390 e. The molecular weight excluding hydrogens is 500 g/mol. The summed E-state index contributed by atoms with van der Waals surface area (Å²) in [6, 6.07) is 1.75. The molecule has 0 aromatic carbocycles. The van der Waals surface area contributed by atoms with Crippen LogP contribution in [0.3, 0.4) is 0 Å². The number of sulfone groups is 1. The number of hydrogen-bond donors (Lipinski definition) is 4. The third-order valence-electron chi connectivity index (χ3n) is 7.40. The Morgan fingerprint density at radius 1 is 1.08 bits per heavy atom. The van der Waals surface area contributed by atoms with E-state index in [4.69, 9.17) is 9.97 Å². The monoisotopic (exact) mass is 530 g/mol. The summed E-state index contributed by atoms with van der Waals surface area (Å²) < 4.78 is 24.7. The van der Waals surface area contributed by atoms with Crippen LogP contribution in [0.25, 0.3) is 20.8 Å². The minimum atomic E-state index is -3.30. The van der Waals surface area contributed by atoms with Crippen LogP contribution >= 0.6 is 11.3 Å². The number of pyridine rings is 1. The Morgan fingerprint density at radius 3 is 2.58 bits per heavy atom. The van der Waals surface area contributed by atoms with Crippen LogP contribution in [0.5, 0.6) is 0 Å². The third-order valence-corrected chi connectivity index (χ3v) is 9.49. The smallest absolute Gasteiger partial charge is 0.224 e. The number of fused-ring (bicyclic) bond motifs is 1. The first kappa shape index (κ1) is 24.0. The van der Waals surface area contributed by atoms with Gasteiger partial charge >= 0.3 is 0 Å². The van der Waals surface area contributed by atoms with Crippen molar-refractivity contribution in [2.24, 2.45) is 5.92 Å². The maximum absolute atomic E-state index is 11.8. The molecule has 6 rings (SSSR count). The summed E-state index contributed by atoms with van der Waals surface area (Å²) in [5.74, 6) is 0.730. The molecule has 0 spiro atoms. The second-order valence-corrected chi connectivity index (χ2v) is 13.6. The van der Waals surface area contributed by atoms with E-state index in [1.165, 1.54) is 6.42 Å². The zero-order valence-corrected chi connectivity index (χ0v) is 21.6. The lowest BCUT2D eigenvalue weighted by molar-refractivity contribution is 0.0216. The van der Waals surface area contributed by atoms with Gasteiger partial charge in [-0.15, -0.1) is 11.3 Å². The summed E-state index contributed by atoms with van der Waals surface area (Å²) in [6.45, 7) is 0. The van der Waals surface area contributed by atoms with Crippen molar-refractivity contribution in [1.82, 2.24) is 19.9 Å². The van der Waals surface area contributed by atoms with Gasteiger partial charge in [0.25, 0.3) is 0 Å². The molecule has 3 aliphatic carbocycles. The molecule has 0 amide bonds. The van der Waals surface area contributed by atoms with Crippen molar-refractivity contribution in [3.8, 4) is 10.6 Å². The Morgan fingerprint density at radius 2 is 1.89 bits per heavy atom. The van der Waals surface area contributed by atoms with Crippen LogP contribution in [-0.2, 0) is 9.84 Å². The van der Waals surface area contributed by atoms with Crippen LogP contribution in [0.4, 0.5) is 11.8 Å². The van der Waals surface area contributed by atoms with E-state index in [2.05, 4.69) is 20.6 Å². The van der Waals surface area contributed by atoms with Crippen LogP contribution in [0.2, 0.25) is 0 Å². The Hall–Kier alpha value is -2.41. The van der Waals surface area contributed by atoms with Crippen molar-refractivity contribution in [3.63, 3.8) is 0 Å². The first-order valence-corrected chi connectivity index (χ1v) is 15.3. The van der Waals surface area contributed by atoms with E-state index in [0.29, 0.717) is 35.7 Å². The van der Waals surface area contributed by atoms with Crippen molar-refractivity contribution >= 4 is 43.2 Å². The number of nitrogens with zero attached hydrogens (tertiary/aromatic N) is 4. The van der Waals surface area contributed by atoms with E-state index in [0.717, 1.165) is 52.9 Å². The molecule has 36 heavy (non-hydrogen) atoms. The van der Waals surface area contributed by atoms with Gasteiger partial charge in [-0.05, 0) is 44.6 Å². The normalized spacial score (nSPS) is 26.8. The van der Waals surface area contributed by atoms with Gasteiger partial charge in [-0.3, -0.25) is 4.98 Å². The predicted molar refractivity (Wildman–Crippen MR) is 139 cm³/mol. The summed E-state index contributed by atoms with van der Waals surface area (Å²) in [5, 5.41) is 28.7. The van der Waals surface area contributed by atoms with Crippen LogP contribution in [0.1, 0.15) is 50.1 Å². The van der Waals surface area contributed by atoms with E-state index in [9.17, 15) is 18.6 Å². The van der Waals surface area contributed by atoms with Gasteiger partial charge < -0.3 is 20.8 Å². The molecule has 3 saturated carbocycles. The Kier molecular flexibility index (Phi) is 6.09. The van der Waals surface area contributed by atoms with Crippen LogP contribution in [-0.4, -0.2) is 74.9 Å². The predicted octanol–water partition coefficient (Wildman–Crippen LogP) is 2.56. The number of aliphatic hydroxyl groups is 2. The SMILES string of the molecule is CS(=O)(=O)CC1CC(Nc2nc(NC3CCC3)ncc2-c2nc3c(C4CC4)nccc3s2)C(O)C1O. The Bertz CT molecular complexity index is 1390. The molecule has 0 bridgehead atoms. The molecule has 3 heterocycles. The lowest BCUT2D eigenvalue weighted by atomic mass is 9.93. The topological polar surface area (TPSA) is 150 Å². The highest BCUT2D eigenvalue weighted by Gasteiger charge is 2.43. The molecule has 4 atom stereocenters. The van der Waals surface area contributed by atoms with Gasteiger partial charge in [-0.25, -0.2) is 18.4 Å². The molecule has 3 aliphatic rings. The highest BCUT2D eigenvalue weighted by Crippen LogP contribution is 2.44. The molecule has 3 aromatic rings. The molecule has 10 nitrogen and oxygen atoms in total. The molecule has 3 fully saturated rings. The van der Waals surface area contributed by atoms with Gasteiger partial charge in [0.2, 0.25) is 5.95 Å².